The van der Waals surface area contributed by atoms with Crippen molar-refractivity contribution in [2.24, 2.45) is 0 Å². The Kier molecular flexibility index (Phi) is 2.29. The summed E-state index contributed by atoms with van der Waals surface area (Å²) in [5.74, 6) is 0. The van der Waals surface area contributed by atoms with Crippen molar-refractivity contribution in [3.63, 3.8) is 0 Å². The van der Waals surface area contributed by atoms with E-state index in [2.05, 4.69) is 4.98 Å². The largest absolute Gasteiger partial charge is 0.295 e. The van der Waals surface area contributed by atoms with E-state index < -0.39 is 11.6 Å². The van der Waals surface area contributed by atoms with Crippen LogP contribution in [-0.2, 0) is 6.67 Å². The van der Waals surface area contributed by atoms with Gasteiger partial charge < -0.3 is 0 Å². The molecule has 0 saturated heterocycles. The van der Waals surface area contributed by atoms with Crippen LogP contribution in [-0.4, -0.2) is 9.91 Å². The average Bonchev–Trinajstić information content (AvgIpc) is 2.27. The van der Waals surface area contributed by atoms with Gasteiger partial charge in [-0.3, -0.25) is 10.1 Å². The minimum absolute atomic E-state index is 0.0946. The smallest absolute Gasteiger partial charge is 0.258 e. The number of benzene rings is 1. The quantitative estimate of drug-likeness (QED) is 0.560. The molecule has 0 spiro atoms. The lowest BCUT2D eigenvalue weighted by molar-refractivity contribution is -0.383. The summed E-state index contributed by atoms with van der Waals surface area (Å²) in [6.07, 6.45) is 0. The van der Waals surface area contributed by atoms with Crippen LogP contribution in [0.5, 0.6) is 0 Å². The predicted molar refractivity (Wildman–Crippen MR) is 53.2 cm³/mol. The summed E-state index contributed by atoms with van der Waals surface area (Å²) in [6, 6.07) is 7.79. The molecule has 0 radical (unpaired) electrons. The summed E-state index contributed by atoms with van der Waals surface area (Å²) >= 11 is 0. The van der Waals surface area contributed by atoms with Crippen molar-refractivity contribution in [2.45, 2.75) is 6.67 Å². The van der Waals surface area contributed by atoms with Crippen LogP contribution in [0.15, 0.2) is 30.3 Å². The SMILES string of the molecule is O=[N+]([O-])c1cccc2ccc(CF)nc12. The normalized spacial score (nSPS) is 10.5. The van der Waals surface area contributed by atoms with Crippen LogP contribution >= 0.6 is 0 Å². The highest BCUT2D eigenvalue weighted by Crippen LogP contribution is 2.23. The number of nitro benzene ring substituents is 1. The van der Waals surface area contributed by atoms with E-state index in [0.29, 0.717) is 5.39 Å². The van der Waals surface area contributed by atoms with Gasteiger partial charge in [-0.1, -0.05) is 18.2 Å². The van der Waals surface area contributed by atoms with Crippen molar-refractivity contribution in [1.29, 1.82) is 0 Å². The average molecular weight is 206 g/mol. The van der Waals surface area contributed by atoms with Gasteiger partial charge in [-0.05, 0) is 6.07 Å². The van der Waals surface area contributed by atoms with Gasteiger partial charge in [0.05, 0.1) is 10.6 Å². The topological polar surface area (TPSA) is 56.0 Å². The van der Waals surface area contributed by atoms with Crippen LogP contribution in [0.4, 0.5) is 10.1 Å². The number of nitrogens with zero attached hydrogens (tertiary/aromatic N) is 2. The Morgan fingerprint density at radius 1 is 1.33 bits per heavy atom. The molecule has 5 heteroatoms. The molecule has 15 heavy (non-hydrogen) atoms. The minimum atomic E-state index is -0.720. The summed E-state index contributed by atoms with van der Waals surface area (Å²) < 4.78 is 12.4. The van der Waals surface area contributed by atoms with Gasteiger partial charge in [-0.2, -0.15) is 0 Å². The van der Waals surface area contributed by atoms with E-state index in [1.807, 2.05) is 0 Å². The number of hydrogen-bond donors (Lipinski definition) is 0. The summed E-state index contributed by atoms with van der Waals surface area (Å²) in [4.78, 5) is 14.1. The zero-order valence-corrected chi connectivity index (χ0v) is 7.68. The molecule has 0 saturated carbocycles. The van der Waals surface area contributed by atoms with Crippen LogP contribution in [0.3, 0.4) is 0 Å². The van der Waals surface area contributed by atoms with Gasteiger partial charge in [0.1, 0.15) is 12.2 Å². The van der Waals surface area contributed by atoms with Crippen molar-refractivity contribution in [1.82, 2.24) is 4.98 Å². The molecule has 0 atom stereocenters. The minimum Gasteiger partial charge on any atom is -0.258 e. The van der Waals surface area contributed by atoms with Crippen molar-refractivity contribution in [3.8, 4) is 0 Å². The molecule has 1 aromatic carbocycles. The number of aromatic nitrogens is 1. The molecule has 0 aliphatic carbocycles. The highest BCUT2D eigenvalue weighted by Gasteiger charge is 2.12. The van der Waals surface area contributed by atoms with E-state index in [1.165, 1.54) is 12.1 Å². The number of para-hydroxylation sites is 1. The number of nitro groups is 1. The number of alkyl halides is 1. The van der Waals surface area contributed by atoms with Crippen LogP contribution in [0.1, 0.15) is 5.69 Å². The first-order chi connectivity index (χ1) is 7.22. The Morgan fingerprint density at radius 2 is 2.13 bits per heavy atom. The molecule has 1 aromatic heterocycles. The molecular formula is C10H7FN2O2. The lowest BCUT2D eigenvalue weighted by Crippen LogP contribution is -1.93. The maximum atomic E-state index is 12.4. The number of hydrogen-bond acceptors (Lipinski definition) is 3. The zero-order valence-electron chi connectivity index (χ0n) is 7.68. The van der Waals surface area contributed by atoms with Crippen LogP contribution < -0.4 is 0 Å². The van der Waals surface area contributed by atoms with Crippen molar-refractivity contribution < 1.29 is 9.31 Å². The highest BCUT2D eigenvalue weighted by molar-refractivity contribution is 5.87. The fourth-order valence-electron chi connectivity index (χ4n) is 1.39. The van der Waals surface area contributed by atoms with Gasteiger partial charge in [-0.25, -0.2) is 9.37 Å². The van der Waals surface area contributed by atoms with Gasteiger partial charge >= 0.3 is 0 Å². The molecule has 0 bridgehead atoms. The molecule has 0 N–H and O–H groups in total. The van der Waals surface area contributed by atoms with Crippen molar-refractivity contribution in [3.05, 3.63) is 46.1 Å². The van der Waals surface area contributed by atoms with E-state index in [4.69, 9.17) is 0 Å². The fourth-order valence-corrected chi connectivity index (χ4v) is 1.39. The molecule has 0 unspecified atom stereocenters. The van der Waals surface area contributed by atoms with Gasteiger partial charge in [0.15, 0.2) is 0 Å². The lowest BCUT2D eigenvalue weighted by Gasteiger charge is -1.99. The van der Waals surface area contributed by atoms with Gasteiger partial charge in [-0.15, -0.1) is 0 Å². The summed E-state index contributed by atoms with van der Waals surface area (Å²) in [7, 11) is 0. The molecule has 4 nitrogen and oxygen atoms in total. The predicted octanol–water partition coefficient (Wildman–Crippen LogP) is 2.61. The summed E-state index contributed by atoms with van der Waals surface area (Å²) in [6.45, 7) is -0.720. The highest BCUT2D eigenvalue weighted by atomic mass is 19.1. The summed E-state index contributed by atoms with van der Waals surface area (Å²) in [5.41, 5.74) is 0.345. The Morgan fingerprint density at radius 3 is 2.80 bits per heavy atom. The third-order valence-electron chi connectivity index (χ3n) is 2.09. The molecular weight excluding hydrogens is 199 g/mol. The molecule has 0 amide bonds. The van der Waals surface area contributed by atoms with Gasteiger partial charge in [0.2, 0.25) is 0 Å². The van der Waals surface area contributed by atoms with Crippen LogP contribution in [0.25, 0.3) is 10.9 Å². The first kappa shape index (κ1) is 9.51. The maximum Gasteiger partial charge on any atom is 0.295 e. The molecule has 1 heterocycles. The Hall–Kier alpha value is -2.04. The second-order valence-corrected chi connectivity index (χ2v) is 3.04. The Labute approximate surface area is 84.5 Å². The van der Waals surface area contributed by atoms with E-state index in [-0.39, 0.29) is 16.9 Å². The number of halogens is 1. The standard InChI is InChI=1S/C10H7FN2O2/c11-6-8-5-4-7-2-1-3-9(13(14)15)10(7)12-8/h1-5H,6H2. The number of pyridine rings is 1. The molecule has 2 rings (SSSR count). The van der Waals surface area contributed by atoms with Crippen LogP contribution in [0, 0.1) is 10.1 Å². The molecule has 2 aromatic rings. The van der Waals surface area contributed by atoms with E-state index in [0.717, 1.165) is 0 Å². The number of fused-ring (bicyclic) bond motifs is 1. The van der Waals surface area contributed by atoms with Gasteiger partial charge in [0.25, 0.3) is 5.69 Å². The zero-order chi connectivity index (χ0) is 10.8. The first-order valence-corrected chi connectivity index (χ1v) is 4.31. The second-order valence-electron chi connectivity index (χ2n) is 3.04. The summed E-state index contributed by atoms with van der Waals surface area (Å²) in [5, 5.41) is 11.3. The first-order valence-electron chi connectivity index (χ1n) is 4.31. The van der Waals surface area contributed by atoms with E-state index in [9.17, 15) is 14.5 Å². The number of non-ortho nitro benzene ring substituents is 1. The second kappa shape index (κ2) is 3.61. The van der Waals surface area contributed by atoms with Crippen LogP contribution in [0.2, 0.25) is 0 Å². The number of rotatable bonds is 2. The van der Waals surface area contributed by atoms with Gasteiger partial charge in [0, 0.05) is 11.5 Å². The molecule has 0 aliphatic rings. The third kappa shape index (κ3) is 1.63. The van der Waals surface area contributed by atoms with Crippen molar-refractivity contribution >= 4 is 16.6 Å². The molecule has 0 aliphatic heterocycles. The monoisotopic (exact) mass is 206 g/mol. The maximum absolute atomic E-state index is 12.4. The third-order valence-corrected chi connectivity index (χ3v) is 2.09. The molecule has 76 valence electrons. The fraction of sp³-hybridized carbons (Fsp3) is 0.100. The van der Waals surface area contributed by atoms with E-state index in [1.54, 1.807) is 18.2 Å². The molecule has 0 fully saturated rings. The van der Waals surface area contributed by atoms with Crippen molar-refractivity contribution in [2.75, 3.05) is 0 Å². The lowest BCUT2D eigenvalue weighted by atomic mass is 10.2. The Bertz CT molecular complexity index is 528. The van der Waals surface area contributed by atoms with E-state index >= 15 is 0 Å². The Balaban J connectivity index is 2.76.